The van der Waals surface area contributed by atoms with E-state index < -0.39 is 0 Å². The zero-order valence-corrected chi connectivity index (χ0v) is 17.7. The van der Waals surface area contributed by atoms with E-state index in [0.29, 0.717) is 38.4 Å². The molecule has 0 fully saturated rings. The Morgan fingerprint density at radius 1 is 1.13 bits per heavy atom. The zero-order valence-electron chi connectivity index (χ0n) is 17.7. The Balaban J connectivity index is 1.57. The zero-order chi connectivity index (χ0) is 21.3. The summed E-state index contributed by atoms with van der Waals surface area (Å²) in [7, 11) is 1.86. The summed E-state index contributed by atoms with van der Waals surface area (Å²) in [4.78, 5) is 16.2. The minimum atomic E-state index is -0.183. The molecule has 0 unspecified atom stereocenters. The van der Waals surface area contributed by atoms with Gasteiger partial charge < -0.3 is 19.2 Å². The highest BCUT2D eigenvalue weighted by molar-refractivity contribution is 5.70. The minimum absolute atomic E-state index is 0.183. The number of ether oxygens (including phenoxy) is 2. The number of anilines is 1. The number of aryl methyl sites for hydroxylation is 2. The lowest BCUT2D eigenvalue weighted by atomic mass is 10.1. The fourth-order valence-corrected chi connectivity index (χ4v) is 3.20. The molecule has 30 heavy (non-hydrogen) atoms. The van der Waals surface area contributed by atoms with Crippen LogP contribution in [0.15, 0.2) is 52.9 Å². The van der Waals surface area contributed by atoms with Crippen molar-refractivity contribution in [3.05, 3.63) is 65.5 Å². The van der Waals surface area contributed by atoms with Gasteiger partial charge in [0, 0.05) is 37.2 Å². The molecule has 0 aliphatic heterocycles. The van der Waals surface area contributed by atoms with E-state index in [1.165, 1.54) is 0 Å². The van der Waals surface area contributed by atoms with Crippen LogP contribution in [0.2, 0.25) is 0 Å². The average molecular weight is 408 g/mol. The second-order valence-corrected chi connectivity index (χ2v) is 6.86. The number of oxazole rings is 1. The van der Waals surface area contributed by atoms with E-state index in [-0.39, 0.29) is 5.97 Å². The quantitative estimate of drug-likeness (QED) is 0.485. The van der Waals surface area contributed by atoms with Crippen molar-refractivity contribution < 1.29 is 18.7 Å². The first kappa shape index (κ1) is 21.4. The van der Waals surface area contributed by atoms with Gasteiger partial charge in [-0.3, -0.25) is 4.79 Å². The topological polar surface area (TPSA) is 73.6 Å². The molecule has 0 radical (unpaired) electrons. The summed E-state index contributed by atoms with van der Waals surface area (Å²) in [5.74, 6) is 2.02. The SMILES string of the molecule is CCOC(=O)CCc1ccc(OCCc2nc(-c3ccccc3)oc2C)cc1NC. The first-order valence-electron chi connectivity index (χ1n) is 10.2. The highest BCUT2D eigenvalue weighted by atomic mass is 16.5. The lowest BCUT2D eigenvalue weighted by molar-refractivity contribution is -0.143. The Hall–Kier alpha value is -3.28. The van der Waals surface area contributed by atoms with Crippen LogP contribution in [-0.4, -0.2) is 31.2 Å². The van der Waals surface area contributed by atoms with Crippen molar-refractivity contribution >= 4 is 11.7 Å². The normalized spacial score (nSPS) is 10.6. The van der Waals surface area contributed by atoms with Gasteiger partial charge in [-0.25, -0.2) is 4.98 Å². The molecule has 2 aromatic carbocycles. The Bertz CT molecular complexity index is 967. The second kappa shape index (κ2) is 10.5. The monoisotopic (exact) mass is 408 g/mol. The molecule has 0 spiro atoms. The third kappa shape index (κ3) is 5.63. The van der Waals surface area contributed by atoms with Gasteiger partial charge in [-0.15, -0.1) is 0 Å². The molecule has 3 aromatic rings. The number of carbonyl (C=O) groups excluding carboxylic acids is 1. The minimum Gasteiger partial charge on any atom is -0.493 e. The third-order valence-corrected chi connectivity index (χ3v) is 4.78. The highest BCUT2D eigenvalue weighted by Crippen LogP contribution is 2.25. The number of aromatic nitrogens is 1. The molecule has 0 amide bonds. The van der Waals surface area contributed by atoms with Gasteiger partial charge in [-0.1, -0.05) is 24.3 Å². The van der Waals surface area contributed by atoms with Crippen LogP contribution in [0.4, 0.5) is 5.69 Å². The standard InChI is InChI=1S/C24H28N2O4/c1-4-28-23(27)13-11-18-10-12-20(16-22(18)25-3)29-15-14-21-17(2)30-24(26-21)19-8-6-5-7-9-19/h5-10,12,16,25H,4,11,13-15H2,1-3H3. The van der Waals surface area contributed by atoms with E-state index in [9.17, 15) is 4.79 Å². The van der Waals surface area contributed by atoms with Crippen molar-refractivity contribution in [2.45, 2.75) is 33.1 Å². The maximum Gasteiger partial charge on any atom is 0.306 e. The van der Waals surface area contributed by atoms with E-state index in [1.54, 1.807) is 0 Å². The highest BCUT2D eigenvalue weighted by Gasteiger charge is 2.12. The van der Waals surface area contributed by atoms with Gasteiger partial charge in [0.2, 0.25) is 5.89 Å². The summed E-state index contributed by atoms with van der Waals surface area (Å²) in [6.45, 7) is 4.63. The van der Waals surface area contributed by atoms with Crippen molar-refractivity contribution in [3.8, 4) is 17.2 Å². The Morgan fingerprint density at radius 2 is 1.93 bits per heavy atom. The van der Waals surface area contributed by atoms with E-state index in [4.69, 9.17) is 13.9 Å². The predicted molar refractivity (Wildman–Crippen MR) is 117 cm³/mol. The Labute approximate surface area is 177 Å². The number of rotatable bonds is 10. The molecule has 3 rings (SSSR count). The molecule has 0 saturated heterocycles. The third-order valence-electron chi connectivity index (χ3n) is 4.78. The largest absolute Gasteiger partial charge is 0.493 e. The van der Waals surface area contributed by atoms with Crippen LogP contribution < -0.4 is 10.1 Å². The van der Waals surface area contributed by atoms with Gasteiger partial charge in [-0.2, -0.15) is 0 Å². The summed E-state index contributed by atoms with van der Waals surface area (Å²) >= 11 is 0. The molecule has 6 nitrogen and oxygen atoms in total. The molecule has 6 heteroatoms. The second-order valence-electron chi connectivity index (χ2n) is 6.86. The van der Waals surface area contributed by atoms with E-state index in [0.717, 1.165) is 34.0 Å². The Morgan fingerprint density at radius 3 is 2.67 bits per heavy atom. The van der Waals surface area contributed by atoms with Crippen molar-refractivity contribution in [1.82, 2.24) is 4.98 Å². The van der Waals surface area contributed by atoms with Crippen LogP contribution in [-0.2, 0) is 22.4 Å². The summed E-state index contributed by atoms with van der Waals surface area (Å²) in [5.41, 5.74) is 3.86. The predicted octanol–water partition coefficient (Wildman–Crippen LogP) is 4.81. The van der Waals surface area contributed by atoms with E-state index >= 15 is 0 Å². The first-order valence-corrected chi connectivity index (χ1v) is 10.2. The van der Waals surface area contributed by atoms with Crippen molar-refractivity contribution in [2.75, 3.05) is 25.6 Å². The molecule has 158 valence electrons. The van der Waals surface area contributed by atoms with Crippen LogP contribution in [0.3, 0.4) is 0 Å². The van der Waals surface area contributed by atoms with Gasteiger partial charge in [0.1, 0.15) is 11.5 Å². The van der Waals surface area contributed by atoms with Gasteiger partial charge in [0.25, 0.3) is 0 Å². The molecule has 1 heterocycles. The lowest BCUT2D eigenvalue weighted by Gasteiger charge is -2.12. The van der Waals surface area contributed by atoms with Crippen molar-refractivity contribution in [2.24, 2.45) is 0 Å². The van der Waals surface area contributed by atoms with Crippen LogP contribution in [0.1, 0.15) is 30.4 Å². The molecular weight excluding hydrogens is 380 g/mol. The van der Waals surface area contributed by atoms with Gasteiger partial charge in [0.05, 0.1) is 18.9 Å². The van der Waals surface area contributed by atoms with Crippen LogP contribution in [0, 0.1) is 6.92 Å². The van der Waals surface area contributed by atoms with E-state index in [1.807, 2.05) is 69.4 Å². The fraction of sp³-hybridized carbons (Fsp3) is 0.333. The summed E-state index contributed by atoms with van der Waals surface area (Å²) in [5, 5.41) is 3.17. The lowest BCUT2D eigenvalue weighted by Crippen LogP contribution is -2.07. The number of nitrogens with one attached hydrogen (secondary N) is 1. The smallest absolute Gasteiger partial charge is 0.306 e. The summed E-state index contributed by atoms with van der Waals surface area (Å²) in [6, 6.07) is 15.7. The molecule has 0 atom stereocenters. The molecule has 1 N–H and O–H groups in total. The number of carbonyl (C=O) groups is 1. The Kier molecular flexibility index (Phi) is 7.49. The first-order chi connectivity index (χ1) is 14.6. The van der Waals surface area contributed by atoms with Crippen LogP contribution in [0.5, 0.6) is 5.75 Å². The summed E-state index contributed by atoms with van der Waals surface area (Å²) in [6.07, 6.45) is 1.63. The molecule has 0 aliphatic carbocycles. The molecule has 0 bridgehead atoms. The van der Waals surface area contributed by atoms with Crippen molar-refractivity contribution in [1.29, 1.82) is 0 Å². The molecule has 0 saturated carbocycles. The van der Waals surface area contributed by atoms with Crippen molar-refractivity contribution in [3.63, 3.8) is 0 Å². The van der Waals surface area contributed by atoms with Crippen LogP contribution in [0.25, 0.3) is 11.5 Å². The molecule has 1 aromatic heterocycles. The average Bonchev–Trinajstić information content (AvgIpc) is 3.14. The fourth-order valence-electron chi connectivity index (χ4n) is 3.20. The maximum absolute atomic E-state index is 11.6. The number of hydrogen-bond donors (Lipinski definition) is 1. The number of nitrogens with zero attached hydrogens (tertiary/aromatic N) is 1. The summed E-state index contributed by atoms with van der Waals surface area (Å²) < 4.78 is 16.7. The molecule has 0 aliphatic rings. The number of hydrogen-bond acceptors (Lipinski definition) is 6. The van der Waals surface area contributed by atoms with Gasteiger partial charge in [-0.05, 0) is 44.0 Å². The number of benzene rings is 2. The van der Waals surface area contributed by atoms with Gasteiger partial charge in [0.15, 0.2) is 0 Å². The van der Waals surface area contributed by atoms with Gasteiger partial charge >= 0.3 is 5.97 Å². The number of esters is 1. The maximum atomic E-state index is 11.6. The van der Waals surface area contributed by atoms with Crippen LogP contribution >= 0.6 is 0 Å². The van der Waals surface area contributed by atoms with E-state index in [2.05, 4.69) is 10.3 Å². The molecular formula is C24H28N2O4.